The van der Waals surface area contributed by atoms with Gasteiger partial charge in [-0.3, -0.25) is 9.59 Å². The van der Waals surface area contributed by atoms with Crippen LogP contribution >= 0.6 is 23.2 Å². The Balaban J connectivity index is 1.62. The number of carbonyl (C=O) groups is 2. The molecule has 0 saturated heterocycles. The number of Topliss-reactive ketones (excluding diaryl/α,β-unsaturated/α-hetero) is 1. The largest absolute Gasteiger partial charge is 0.483 e. The molecule has 4 nitrogen and oxygen atoms in total. The smallest absolute Gasteiger partial charge is 0.257 e. The molecule has 0 aliphatic carbocycles. The van der Waals surface area contributed by atoms with Gasteiger partial charge in [-0.15, -0.1) is 0 Å². The van der Waals surface area contributed by atoms with Crippen LogP contribution in [0, 0.1) is 0 Å². The molecule has 1 atom stereocenters. The van der Waals surface area contributed by atoms with Crippen LogP contribution in [0.15, 0.2) is 72.8 Å². The van der Waals surface area contributed by atoms with Crippen molar-refractivity contribution in [1.82, 2.24) is 0 Å². The van der Waals surface area contributed by atoms with E-state index in [4.69, 9.17) is 27.9 Å². The molecule has 1 N–H and O–H groups in total. The molecule has 3 rings (SSSR count). The molecule has 3 aromatic carbocycles. The Kier molecular flexibility index (Phi) is 6.34. The number of nitrogens with one attached hydrogen (secondary N) is 1. The minimum atomic E-state index is -0.662. The first-order valence-corrected chi connectivity index (χ1v) is 9.32. The van der Waals surface area contributed by atoms with Crippen molar-refractivity contribution in [3.05, 3.63) is 94.0 Å². The lowest BCUT2D eigenvalue weighted by atomic mass is 10.1. The number of amides is 1. The number of ether oxygens (including phenoxy) is 1. The number of hydrogen-bond acceptors (Lipinski definition) is 3. The minimum absolute atomic E-state index is 0.146. The third-order valence-corrected chi connectivity index (χ3v) is 4.62. The van der Waals surface area contributed by atoms with Gasteiger partial charge in [0.1, 0.15) is 5.75 Å². The van der Waals surface area contributed by atoms with E-state index in [1.165, 1.54) is 0 Å². The summed E-state index contributed by atoms with van der Waals surface area (Å²) in [6, 6.07) is 20.3. The topological polar surface area (TPSA) is 55.4 Å². The first-order chi connectivity index (χ1) is 13.4. The van der Waals surface area contributed by atoms with Gasteiger partial charge >= 0.3 is 0 Å². The molecule has 1 unspecified atom stereocenters. The van der Waals surface area contributed by atoms with E-state index in [0.717, 1.165) is 0 Å². The van der Waals surface area contributed by atoms with Crippen molar-refractivity contribution < 1.29 is 14.3 Å². The third-order valence-electron chi connectivity index (χ3n) is 4.04. The van der Waals surface area contributed by atoms with Crippen molar-refractivity contribution in [3.63, 3.8) is 0 Å². The molecule has 0 heterocycles. The summed E-state index contributed by atoms with van der Waals surface area (Å²) in [5.41, 5.74) is 1.51. The van der Waals surface area contributed by atoms with Crippen LogP contribution in [-0.2, 0) is 0 Å². The lowest BCUT2D eigenvalue weighted by Gasteiger charge is -2.14. The van der Waals surface area contributed by atoms with Crippen molar-refractivity contribution >= 4 is 40.6 Å². The van der Waals surface area contributed by atoms with Crippen LogP contribution in [0.1, 0.15) is 27.6 Å². The Morgan fingerprint density at radius 1 is 0.893 bits per heavy atom. The Hall–Kier alpha value is -2.82. The molecule has 6 heteroatoms. The van der Waals surface area contributed by atoms with Gasteiger partial charge in [0.25, 0.3) is 5.91 Å². The Morgan fingerprint density at radius 3 is 2.18 bits per heavy atom. The van der Waals surface area contributed by atoms with E-state index in [0.29, 0.717) is 32.6 Å². The van der Waals surface area contributed by atoms with Gasteiger partial charge in [0.05, 0.1) is 10.6 Å². The fourth-order valence-electron chi connectivity index (χ4n) is 2.57. The van der Waals surface area contributed by atoms with Crippen LogP contribution in [0.3, 0.4) is 0 Å². The first-order valence-electron chi connectivity index (χ1n) is 8.56. The molecule has 0 fully saturated rings. The highest BCUT2D eigenvalue weighted by Crippen LogP contribution is 2.21. The number of benzene rings is 3. The van der Waals surface area contributed by atoms with Crippen LogP contribution in [0.4, 0.5) is 5.69 Å². The molecule has 0 bridgehead atoms. The van der Waals surface area contributed by atoms with Gasteiger partial charge in [-0.05, 0) is 67.6 Å². The van der Waals surface area contributed by atoms with Gasteiger partial charge in [0, 0.05) is 16.3 Å². The maximum absolute atomic E-state index is 12.4. The number of anilines is 1. The van der Waals surface area contributed by atoms with Crippen molar-refractivity contribution in [2.75, 3.05) is 5.32 Å². The lowest BCUT2D eigenvalue weighted by molar-refractivity contribution is 0.0818. The molecule has 142 valence electrons. The highest BCUT2D eigenvalue weighted by Gasteiger charge is 2.17. The van der Waals surface area contributed by atoms with Crippen molar-refractivity contribution in [2.45, 2.75) is 13.0 Å². The van der Waals surface area contributed by atoms with Crippen LogP contribution in [0.2, 0.25) is 10.0 Å². The van der Waals surface area contributed by atoms with E-state index in [1.54, 1.807) is 79.7 Å². The SMILES string of the molecule is CC(Oc1ccc(NC(=O)c2ccccc2Cl)cc1)C(=O)c1ccc(Cl)cc1. The Labute approximate surface area is 173 Å². The zero-order chi connectivity index (χ0) is 20.1. The molecule has 0 aliphatic heterocycles. The summed E-state index contributed by atoms with van der Waals surface area (Å²) in [6.07, 6.45) is -0.662. The van der Waals surface area contributed by atoms with Gasteiger partial charge in [-0.2, -0.15) is 0 Å². The molecule has 0 aromatic heterocycles. The van der Waals surface area contributed by atoms with E-state index in [-0.39, 0.29) is 11.7 Å². The summed E-state index contributed by atoms with van der Waals surface area (Å²) in [6.45, 7) is 1.68. The van der Waals surface area contributed by atoms with Gasteiger partial charge in [-0.25, -0.2) is 0 Å². The average Bonchev–Trinajstić information content (AvgIpc) is 2.69. The standard InChI is InChI=1S/C22H17Cl2NO3/c1-14(21(26)15-6-8-16(23)9-7-15)28-18-12-10-17(11-13-18)25-22(27)19-4-2-3-5-20(19)24/h2-14H,1H3,(H,25,27). The molecule has 0 aliphatic rings. The fraction of sp³-hybridized carbons (Fsp3) is 0.0909. The molecule has 0 spiro atoms. The van der Waals surface area contributed by atoms with Crippen molar-refractivity contribution in [1.29, 1.82) is 0 Å². The predicted octanol–water partition coefficient (Wildman–Crippen LogP) is 5.90. The van der Waals surface area contributed by atoms with Crippen LogP contribution in [0.25, 0.3) is 0 Å². The third kappa shape index (κ3) is 4.91. The summed E-state index contributed by atoms with van der Waals surface area (Å²) in [5.74, 6) is 0.0730. The molecule has 1 amide bonds. The Morgan fingerprint density at radius 2 is 1.54 bits per heavy atom. The zero-order valence-electron chi connectivity index (χ0n) is 15.0. The summed E-state index contributed by atoms with van der Waals surface area (Å²) in [7, 11) is 0. The normalized spacial score (nSPS) is 11.5. The lowest BCUT2D eigenvalue weighted by Crippen LogP contribution is -2.23. The highest BCUT2D eigenvalue weighted by molar-refractivity contribution is 6.34. The number of hydrogen-bond donors (Lipinski definition) is 1. The van der Waals surface area contributed by atoms with Crippen LogP contribution < -0.4 is 10.1 Å². The molecule has 0 radical (unpaired) electrons. The fourth-order valence-corrected chi connectivity index (χ4v) is 2.91. The Bertz CT molecular complexity index is 985. The molecular weight excluding hydrogens is 397 g/mol. The minimum Gasteiger partial charge on any atom is -0.483 e. The van der Waals surface area contributed by atoms with Gasteiger partial charge in [-0.1, -0.05) is 35.3 Å². The maximum atomic E-state index is 12.4. The van der Waals surface area contributed by atoms with Crippen molar-refractivity contribution in [2.24, 2.45) is 0 Å². The second-order valence-corrected chi connectivity index (χ2v) is 6.93. The summed E-state index contributed by atoms with van der Waals surface area (Å²) >= 11 is 11.9. The summed E-state index contributed by atoms with van der Waals surface area (Å²) < 4.78 is 5.71. The van der Waals surface area contributed by atoms with Crippen LogP contribution in [-0.4, -0.2) is 17.8 Å². The summed E-state index contributed by atoms with van der Waals surface area (Å²) in [5, 5.41) is 3.73. The van der Waals surface area contributed by atoms with E-state index in [1.807, 2.05) is 0 Å². The molecule has 3 aromatic rings. The summed E-state index contributed by atoms with van der Waals surface area (Å²) in [4.78, 5) is 24.7. The number of carbonyl (C=O) groups excluding carboxylic acids is 2. The monoisotopic (exact) mass is 413 g/mol. The van der Waals surface area contributed by atoms with Crippen molar-refractivity contribution in [3.8, 4) is 5.75 Å². The average molecular weight is 414 g/mol. The molecular formula is C22H17Cl2NO3. The first kappa shape index (κ1) is 19.9. The number of ketones is 1. The number of halogens is 2. The maximum Gasteiger partial charge on any atom is 0.257 e. The molecule has 28 heavy (non-hydrogen) atoms. The molecule has 0 saturated carbocycles. The second kappa shape index (κ2) is 8.91. The predicted molar refractivity (Wildman–Crippen MR) is 112 cm³/mol. The van der Waals surface area contributed by atoms with E-state index in [9.17, 15) is 9.59 Å². The quantitative estimate of drug-likeness (QED) is 0.512. The van der Waals surface area contributed by atoms with Crippen LogP contribution in [0.5, 0.6) is 5.75 Å². The second-order valence-electron chi connectivity index (χ2n) is 6.09. The van der Waals surface area contributed by atoms with Gasteiger partial charge in [0.15, 0.2) is 6.10 Å². The van der Waals surface area contributed by atoms with E-state index >= 15 is 0 Å². The van der Waals surface area contributed by atoms with Gasteiger partial charge in [0.2, 0.25) is 5.78 Å². The highest BCUT2D eigenvalue weighted by atomic mass is 35.5. The van der Waals surface area contributed by atoms with E-state index < -0.39 is 6.10 Å². The van der Waals surface area contributed by atoms with Gasteiger partial charge < -0.3 is 10.1 Å². The number of rotatable bonds is 6. The zero-order valence-corrected chi connectivity index (χ0v) is 16.5. The van der Waals surface area contributed by atoms with E-state index in [2.05, 4.69) is 5.32 Å².